The molecule has 0 saturated heterocycles. The van der Waals surface area contributed by atoms with Gasteiger partial charge in [-0.2, -0.15) is 0 Å². The zero-order valence-corrected chi connectivity index (χ0v) is 12.0. The number of ether oxygens (including phenoxy) is 2. The van der Waals surface area contributed by atoms with Crippen molar-refractivity contribution in [2.75, 3.05) is 13.7 Å². The summed E-state index contributed by atoms with van der Waals surface area (Å²) in [6, 6.07) is 8.42. The number of carbonyl (C=O) groups is 2. The highest BCUT2D eigenvalue weighted by atomic mass is 16.5. The number of benzene rings is 1. The molecular weight excluding hydrogens is 286 g/mol. The topological polar surface area (TPSA) is 77.8 Å². The van der Waals surface area contributed by atoms with Gasteiger partial charge in [0.2, 0.25) is 0 Å². The first-order chi connectivity index (χ1) is 10.7. The van der Waals surface area contributed by atoms with Crippen LogP contribution in [0.3, 0.4) is 0 Å². The molecule has 1 aliphatic rings. The van der Waals surface area contributed by atoms with Crippen LogP contribution in [0, 0.1) is 0 Å². The molecule has 0 bridgehead atoms. The minimum absolute atomic E-state index is 0.165. The minimum Gasteiger partial charge on any atom is -0.488 e. The van der Waals surface area contributed by atoms with Gasteiger partial charge in [0.25, 0.3) is 5.91 Å². The molecule has 1 amide bonds. The van der Waals surface area contributed by atoms with E-state index < -0.39 is 0 Å². The molecule has 1 atom stereocenters. The fourth-order valence-corrected chi connectivity index (χ4v) is 2.38. The van der Waals surface area contributed by atoms with Crippen molar-refractivity contribution >= 4 is 11.9 Å². The molecule has 0 fully saturated rings. The average Bonchev–Trinajstić information content (AvgIpc) is 3.19. The third-order valence-electron chi connectivity index (χ3n) is 3.46. The molecule has 0 aliphatic carbocycles. The molecule has 3 rings (SSSR count). The number of furan rings is 1. The number of esters is 1. The van der Waals surface area contributed by atoms with Crippen molar-refractivity contribution in [2.24, 2.45) is 0 Å². The highest BCUT2D eigenvalue weighted by molar-refractivity contribution is 5.91. The Bertz CT molecular complexity index is 693. The number of hydrogen-bond acceptors (Lipinski definition) is 5. The van der Waals surface area contributed by atoms with Gasteiger partial charge in [-0.1, -0.05) is 0 Å². The van der Waals surface area contributed by atoms with Gasteiger partial charge >= 0.3 is 5.97 Å². The predicted octanol–water partition coefficient (Wildman–Crippen LogP) is 1.80. The summed E-state index contributed by atoms with van der Waals surface area (Å²) >= 11 is 0. The molecule has 0 spiro atoms. The Balaban J connectivity index is 1.60. The Morgan fingerprint density at radius 2 is 2.23 bits per heavy atom. The smallest absolute Gasteiger partial charge is 0.337 e. The van der Waals surface area contributed by atoms with Gasteiger partial charge in [-0.3, -0.25) is 4.79 Å². The summed E-state index contributed by atoms with van der Waals surface area (Å²) in [6.45, 7) is 0.363. The molecule has 6 nitrogen and oxygen atoms in total. The van der Waals surface area contributed by atoms with Crippen LogP contribution in [0.4, 0.5) is 0 Å². The second-order valence-electron chi connectivity index (χ2n) is 4.95. The standard InChI is InChI=1S/C16H15NO5/c1-20-16(19)10-4-5-13-11(7-10)8-12(22-13)9-17-15(18)14-3-2-6-21-14/h2-7,12H,8-9H2,1H3,(H,17,18). The van der Waals surface area contributed by atoms with Gasteiger partial charge in [-0.15, -0.1) is 0 Å². The molecule has 1 aliphatic heterocycles. The summed E-state index contributed by atoms with van der Waals surface area (Å²) in [7, 11) is 1.35. The zero-order valence-electron chi connectivity index (χ0n) is 12.0. The van der Waals surface area contributed by atoms with Crippen molar-refractivity contribution in [1.29, 1.82) is 0 Å². The van der Waals surface area contributed by atoms with E-state index in [4.69, 9.17) is 13.9 Å². The molecule has 0 radical (unpaired) electrons. The van der Waals surface area contributed by atoms with E-state index in [1.165, 1.54) is 13.4 Å². The first kappa shape index (κ1) is 14.2. The van der Waals surface area contributed by atoms with Crippen LogP contribution in [0.15, 0.2) is 41.0 Å². The lowest BCUT2D eigenvalue weighted by molar-refractivity contribution is 0.0600. The van der Waals surface area contributed by atoms with Crippen LogP contribution in [0.25, 0.3) is 0 Å². The van der Waals surface area contributed by atoms with Gasteiger partial charge in [-0.25, -0.2) is 4.79 Å². The van der Waals surface area contributed by atoms with Gasteiger partial charge in [0.1, 0.15) is 11.9 Å². The fourth-order valence-electron chi connectivity index (χ4n) is 2.38. The van der Waals surface area contributed by atoms with Crippen LogP contribution in [0.2, 0.25) is 0 Å². The number of fused-ring (bicyclic) bond motifs is 1. The third kappa shape index (κ3) is 2.81. The number of nitrogens with one attached hydrogen (secondary N) is 1. The number of rotatable bonds is 4. The molecule has 22 heavy (non-hydrogen) atoms. The quantitative estimate of drug-likeness (QED) is 0.871. The number of carbonyl (C=O) groups excluding carboxylic acids is 2. The molecule has 2 heterocycles. The molecule has 1 unspecified atom stereocenters. The lowest BCUT2D eigenvalue weighted by Gasteiger charge is -2.10. The van der Waals surface area contributed by atoms with E-state index >= 15 is 0 Å². The average molecular weight is 301 g/mol. The van der Waals surface area contributed by atoms with Crippen molar-refractivity contribution in [2.45, 2.75) is 12.5 Å². The van der Waals surface area contributed by atoms with Crippen molar-refractivity contribution in [3.63, 3.8) is 0 Å². The molecular formula is C16H15NO5. The normalized spacial score (nSPS) is 15.8. The van der Waals surface area contributed by atoms with E-state index in [0.29, 0.717) is 18.5 Å². The molecule has 114 valence electrons. The zero-order chi connectivity index (χ0) is 15.5. The van der Waals surface area contributed by atoms with Gasteiger partial charge < -0.3 is 19.2 Å². The van der Waals surface area contributed by atoms with E-state index in [1.807, 2.05) is 0 Å². The van der Waals surface area contributed by atoms with Gasteiger partial charge in [0.15, 0.2) is 5.76 Å². The Labute approximate surface area is 127 Å². The van der Waals surface area contributed by atoms with Crippen molar-refractivity contribution in [1.82, 2.24) is 5.32 Å². The first-order valence-corrected chi connectivity index (χ1v) is 6.87. The second-order valence-corrected chi connectivity index (χ2v) is 4.95. The Morgan fingerprint density at radius 3 is 2.95 bits per heavy atom. The van der Waals surface area contributed by atoms with Crippen molar-refractivity contribution < 1.29 is 23.5 Å². The predicted molar refractivity (Wildman–Crippen MR) is 76.9 cm³/mol. The Hall–Kier alpha value is -2.76. The lowest BCUT2D eigenvalue weighted by atomic mass is 10.1. The highest BCUT2D eigenvalue weighted by Crippen LogP contribution is 2.29. The minimum atomic E-state index is -0.377. The first-order valence-electron chi connectivity index (χ1n) is 6.87. The van der Waals surface area contributed by atoms with Crippen LogP contribution in [-0.4, -0.2) is 31.6 Å². The maximum absolute atomic E-state index is 11.8. The van der Waals surface area contributed by atoms with Gasteiger partial charge in [-0.05, 0) is 35.9 Å². The maximum atomic E-state index is 11.8. The Morgan fingerprint density at radius 1 is 1.36 bits per heavy atom. The van der Waals surface area contributed by atoms with E-state index in [-0.39, 0.29) is 23.7 Å². The van der Waals surface area contributed by atoms with E-state index in [9.17, 15) is 9.59 Å². The van der Waals surface area contributed by atoms with Gasteiger partial charge in [0, 0.05) is 6.42 Å². The van der Waals surface area contributed by atoms with Crippen molar-refractivity contribution in [3.05, 3.63) is 53.5 Å². The second kappa shape index (κ2) is 5.93. The molecule has 1 N–H and O–H groups in total. The highest BCUT2D eigenvalue weighted by Gasteiger charge is 2.25. The molecule has 0 saturated carbocycles. The summed E-state index contributed by atoms with van der Waals surface area (Å²) < 4.78 is 15.5. The van der Waals surface area contributed by atoms with Crippen LogP contribution in [-0.2, 0) is 11.2 Å². The third-order valence-corrected chi connectivity index (χ3v) is 3.46. The number of amides is 1. The molecule has 6 heteroatoms. The monoisotopic (exact) mass is 301 g/mol. The van der Waals surface area contributed by atoms with Crippen LogP contribution < -0.4 is 10.1 Å². The summed E-state index contributed by atoms with van der Waals surface area (Å²) in [5, 5.41) is 2.76. The number of hydrogen-bond donors (Lipinski definition) is 1. The number of methoxy groups -OCH3 is 1. The van der Waals surface area contributed by atoms with Crippen LogP contribution >= 0.6 is 0 Å². The van der Waals surface area contributed by atoms with E-state index in [2.05, 4.69) is 5.32 Å². The van der Waals surface area contributed by atoms with Crippen LogP contribution in [0.5, 0.6) is 5.75 Å². The molecule has 2 aromatic rings. The summed E-state index contributed by atoms with van der Waals surface area (Å²) in [5.41, 5.74) is 1.42. The maximum Gasteiger partial charge on any atom is 0.337 e. The fraction of sp³-hybridized carbons (Fsp3) is 0.250. The van der Waals surface area contributed by atoms with E-state index in [0.717, 1.165) is 11.3 Å². The summed E-state index contributed by atoms with van der Waals surface area (Å²) in [5.74, 6) is 0.338. The molecule has 1 aromatic carbocycles. The van der Waals surface area contributed by atoms with Crippen LogP contribution in [0.1, 0.15) is 26.5 Å². The lowest BCUT2D eigenvalue weighted by Crippen LogP contribution is -2.34. The summed E-state index contributed by atoms with van der Waals surface area (Å²) in [4.78, 5) is 23.3. The van der Waals surface area contributed by atoms with Gasteiger partial charge in [0.05, 0.1) is 25.5 Å². The molecule has 1 aromatic heterocycles. The SMILES string of the molecule is COC(=O)c1ccc2c(c1)CC(CNC(=O)c1ccco1)O2. The Kier molecular flexibility index (Phi) is 3.82. The summed E-state index contributed by atoms with van der Waals surface area (Å²) in [6.07, 6.45) is 1.91. The van der Waals surface area contributed by atoms with Crippen molar-refractivity contribution in [3.8, 4) is 5.75 Å². The largest absolute Gasteiger partial charge is 0.488 e. The van der Waals surface area contributed by atoms with E-state index in [1.54, 1.807) is 30.3 Å².